The van der Waals surface area contributed by atoms with Crippen LogP contribution in [0.2, 0.25) is 10.0 Å². The fourth-order valence-electron chi connectivity index (χ4n) is 2.65. The zero-order valence-corrected chi connectivity index (χ0v) is 14.9. The van der Waals surface area contributed by atoms with E-state index in [1.165, 1.54) is 5.39 Å². The molecule has 3 aromatic rings. The maximum absolute atomic E-state index is 6.16. The van der Waals surface area contributed by atoms with Crippen LogP contribution in [0.15, 0.2) is 60.7 Å². The molecule has 0 spiro atoms. The van der Waals surface area contributed by atoms with E-state index in [2.05, 4.69) is 18.2 Å². The van der Waals surface area contributed by atoms with Gasteiger partial charge < -0.3 is 10.5 Å². The van der Waals surface area contributed by atoms with Gasteiger partial charge in [-0.3, -0.25) is 0 Å². The topological polar surface area (TPSA) is 35.2 Å². The number of halogens is 2. The number of fused-ring (bicyclic) bond motifs is 1. The van der Waals surface area contributed by atoms with Gasteiger partial charge in [0.05, 0.1) is 10.0 Å². The van der Waals surface area contributed by atoms with Gasteiger partial charge in [-0.1, -0.05) is 59.6 Å². The summed E-state index contributed by atoms with van der Waals surface area (Å²) in [6.07, 6.45) is 0.518. The summed E-state index contributed by atoms with van der Waals surface area (Å²) >= 11 is 12.1. The van der Waals surface area contributed by atoms with E-state index < -0.39 is 0 Å². The zero-order chi connectivity index (χ0) is 17.1. The Labute approximate surface area is 152 Å². The van der Waals surface area contributed by atoms with Gasteiger partial charge in [0.15, 0.2) is 0 Å². The van der Waals surface area contributed by atoms with Crippen LogP contribution in [0.25, 0.3) is 10.8 Å². The normalized spacial score (nSPS) is 13.7. The molecule has 2 N–H and O–H groups in total. The summed E-state index contributed by atoms with van der Waals surface area (Å²) in [7, 11) is 0. The van der Waals surface area contributed by atoms with Crippen LogP contribution in [-0.4, -0.2) is 12.1 Å². The third-order valence-electron chi connectivity index (χ3n) is 4.02. The van der Waals surface area contributed by atoms with Crippen molar-refractivity contribution in [3.63, 3.8) is 0 Å². The summed E-state index contributed by atoms with van der Waals surface area (Å²) in [5.41, 5.74) is 7.18. The lowest BCUT2D eigenvalue weighted by Gasteiger charge is -2.23. The summed E-state index contributed by atoms with van der Waals surface area (Å²) in [5.74, 6) is 0.816. The molecule has 2 atom stereocenters. The highest BCUT2D eigenvalue weighted by Gasteiger charge is 2.17. The smallest absolute Gasteiger partial charge is 0.120 e. The van der Waals surface area contributed by atoms with Crippen LogP contribution in [0.1, 0.15) is 12.5 Å². The van der Waals surface area contributed by atoms with Crippen molar-refractivity contribution in [2.75, 3.05) is 0 Å². The first-order chi connectivity index (χ1) is 11.5. The number of rotatable bonds is 5. The molecular formula is C20H19Cl2NO. The standard InChI is InChI=1S/C20H19Cl2NO/c1-13(23)20(11-14-6-9-18(21)19(22)10-14)24-17-8-7-15-4-2-3-5-16(15)12-17/h2-10,12-13,20H,11,23H2,1H3/t13-,20+/m0/s1. The third kappa shape index (κ3) is 4.02. The maximum atomic E-state index is 6.16. The first-order valence-electron chi connectivity index (χ1n) is 7.88. The minimum absolute atomic E-state index is 0.120. The Morgan fingerprint density at radius 3 is 2.38 bits per heavy atom. The molecular weight excluding hydrogens is 341 g/mol. The summed E-state index contributed by atoms with van der Waals surface area (Å²) in [5, 5.41) is 3.43. The molecule has 24 heavy (non-hydrogen) atoms. The molecule has 0 saturated heterocycles. The summed E-state index contributed by atoms with van der Waals surface area (Å²) in [6.45, 7) is 1.95. The Bertz CT molecular complexity index is 848. The van der Waals surface area contributed by atoms with Crippen LogP contribution < -0.4 is 10.5 Å². The molecule has 0 bridgehead atoms. The highest BCUT2D eigenvalue weighted by atomic mass is 35.5. The van der Waals surface area contributed by atoms with Crippen molar-refractivity contribution >= 4 is 34.0 Å². The second-order valence-electron chi connectivity index (χ2n) is 5.98. The lowest BCUT2D eigenvalue weighted by Crippen LogP contribution is -2.38. The first-order valence-corrected chi connectivity index (χ1v) is 8.63. The molecule has 2 nitrogen and oxygen atoms in total. The van der Waals surface area contributed by atoms with Crippen LogP contribution in [0.3, 0.4) is 0 Å². The fraction of sp³-hybridized carbons (Fsp3) is 0.200. The maximum Gasteiger partial charge on any atom is 0.120 e. The predicted molar refractivity (Wildman–Crippen MR) is 102 cm³/mol. The molecule has 0 amide bonds. The molecule has 0 aromatic heterocycles. The van der Waals surface area contributed by atoms with Crippen molar-refractivity contribution in [1.82, 2.24) is 0 Å². The average Bonchev–Trinajstić information content (AvgIpc) is 2.57. The second kappa shape index (κ2) is 7.43. The van der Waals surface area contributed by atoms with E-state index in [9.17, 15) is 0 Å². The van der Waals surface area contributed by atoms with Crippen LogP contribution >= 0.6 is 23.2 Å². The number of ether oxygens (including phenoxy) is 1. The van der Waals surface area contributed by atoms with Crippen LogP contribution in [0, 0.1) is 0 Å². The summed E-state index contributed by atoms with van der Waals surface area (Å²) in [6, 6.07) is 19.8. The molecule has 0 radical (unpaired) electrons. The van der Waals surface area contributed by atoms with Crippen molar-refractivity contribution in [2.24, 2.45) is 5.73 Å². The van der Waals surface area contributed by atoms with Crippen LogP contribution in [-0.2, 0) is 6.42 Å². The van der Waals surface area contributed by atoms with Gasteiger partial charge >= 0.3 is 0 Å². The molecule has 0 unspecified atom stereocenters. The monoisotopic (exact) mass is 359 g/mol. The Kier molecular flexibility index (Phi) is 5.30. The van der Waals surface area contributed by atoms with E-state index in [1.807, 2.05) is 43.3 Å². The van der Waals surface area contributed by atoms with Crippen molar-refractivity contribution in [1.29, 1.82) is 0 Å². The van der Waals surface area contributed by atoms with Crippen molar-refractivity contribution < 1.29 is 4.74 Å². The molecule has 0 saturated carbocycles. The number of hydrogen-bond donors (Lipinski definition) is 1. The quantitative estimate of drug-likeness (QED) is 0.654. The highest BCUT2D eigenvalue weighted by molar-refractivity contribution is 6.42. The van der Waals surface area contributed by atoms with Gasteiger partial charge in [0.1, 0.15) is 11.9 Å². The largest absolute Gasteiger partial charge is 0.488 e. The third-order valence-corrected chi connectivity index (χ3v) is 4.75. The summed E-state index contributed by atoms with van der Waals surface area (Å²) in [4.78, 5) is 0. The van der Waals surface area contributed by atoms with E-state index in [-0.39, 0.29) is 12.1 Å². The first kappa shape index (κ1) is 17.1. The van der Waals surface area contributed by atoms with Crippen LogP contribution in [0.5, 0.6) is 5.75 Å². The van der Waals surface area contributed by atoms with Gasteiger partial charge in [-0.2, -0.15) is 0 Å². The minimum Gasteiger partial charge on any atom is -0.488 e. The van der Waals surface area contributed by atoms with Crippen molar-refractivity contribution in [2.45, 2.75) is 25.5 Å². The summed E-state index contributed by atoms with van der Waals surface area (Å²) < 4.78 is 6.16. The highest BCUT2D eigenvalue weighted by Crippen LogP contribution is 2.25. The van der Waals surface area contributed by atoms with Gasteiger partial charge in [0, 0.05) is 12.5 Å². The number of nitrogens with two attached hydrogens (primary N) is 1. The molecule has 0 heterocycles. The lowest BCUT2D eigenvalue weighted by atomic mass is 10.0. The Balaban J connectivity index is 1.80. The van der Waals surface area contributed by atoms with Crippen LogP contribution in [0.4, 0.5) is 0 Å². The fourth-order valence-corrected chi connectivity index (χ4v) is 2.97. The molecule has 3 aromatic carbocycles. The van der Waals surface area contributed by atoms with E-state index in [4.69, 9.17) is 33.7 Å². The molecule has 124 valence electrons. The van der Waals surface area contributed by atoms with E-state index >= 15 is 0 Å². The number of benzene rings is 3. The molecule has 0 aliphatic rings. The van der Waals surface area contributed by atoms with Gasteiger partial charge in [-0.05, 0) is 47.5 Å². The molecule has 4 heteroatoms. The molecule has 0 fully saturated rings. The van der Waals surface area contributed by atoms with Crippen molar-refractivity contribution in [3.8, 4) is 5.75 Å². The van der Waals surface area contributed by atoms with Gasteiger partial charge in [0.25, 0.3) is 0 Å². The molecule has 3 rings (SSSR count). The average molecular weight is 360 g/mol. The van der Waals surface area contributed by atoms with Gasteiger partial charge in [-0.25, -0.2) is 0 Å². The zero-order valence-electron chi connectivity index (χ0n) is 13.4. The predicted octanol–water partition coefficient (Wildman–Crippen LogP) is 5.48. The van der Waals surface area contributed by atoms with Gasteiger partial charge in [-0.15, -0.1) is 0 Å². The lowest BCUT2D eigenvalue weighted by molar-refractivity contribution is 0.177. The second-order valence-corrected chi connectivity index (χ2v) is 6.79. The Hall–Kier alpha value is -1.74. The van der Waals surface area contributed by atoms with E-state index in [0.717, 1.165) is 16.7 Å². The molecule has 0 aliphatic carbocycles. The minimum atomic E-state index is -0.150. The Morgan fingerprint density at radius 1 is 0.917 bits per heavy atom. The van der Waals surface area contributed by atoms with E-state index in [1.54, 1.807) is 6.07 Å². The number of hydrogen-bond acceptors (Lipinski definition) is 2. The van der Waals surface area contributed by atoms with Gasteiger partial charge in [0.2, 0.25) is 0 Å². The van der Waals surface area contributed by atoms with E-state index in [0.29, 0.717) is 16.5 Å². The molecule has 0 aliphatic heterocycles. The van der Waals surface area contributed by atoms with Crippen molar-refractivity contribution in [3.05, 3.63) is 76.3 Å². The SMILES string of the molecule is C[C@H](N)[C@@H](Cc1ccc(Cl)c(Cl)c1)Oc1ccc2ccccc2c1. The Morgan fingerprint density at radius 2 is 1.67 bits per heavy atom.